The first-order valence-electron chi connectivity index (χ1n) is 3.88. The number of rotatable bonds is 2. The standard InChI is InChI=1S/C9H12ClNO2/c1-5(11)6-3-7(10)9(13-2)4-8(6)12/h3-5,12H,11H2,1-2H3. The van der Waals surface area contributed by atoms with E-state index < -0.39 is 0 Å². The number of ether oxygens (including phenoxy) is 1. The third-order valence-corrected chi connectivity index (χ3v) is 2.09. The van der Waals surface area contributed by atoms with E-state index in [1.54, 1.807) is 13.0 Å². The monoisotopic (exact) mass is 201 g/mol. The van der Waals surface area contributed by atoms with Crippen LogP contribution in [0.25, 0.3) is 0 Å². The Balaban J connectivity index is 3.20. The molecule has 0 aliphatic rings. The maximum absolute atomic E-state index is 9.50. The van der Waals surface area contributed by atoms with Crippen LogP contribution in [-0.4, -0.2) is 12.2 Å². The van der Waals surface area contributed by atoms with Crippen LogP contribution in [0.1, 0.15) is 18.5 Å². The Morgan fingerprint density at radius 2 is 2.15 bits per heavy atom. The lowest BCUT2D eigenvalue weighted by Crippen LogP contribution is -2.05. The Hall–Kier alpha value is -0.930. The molecule has 0 aromatic heterocycles. The van der Waals surface area contributed by atoms with E-state index in [2.05, 4.69) is 0 Å². The molecule has 0 amide bonds. The van der Waals surface area contributed by atoms with Gasteiger partial charge in [-0.2, -0.15) is 0 Å². The van der Waals surface area contributed by atoms with Gasteiger partial charge in [0.2, 0.25) is 0 Å². The van der Waals surface area contributed by atoms with Crippen molar-refractivity contribution in [3.63, 3.8) is 0 Å². The van der Waals surface area contributed by atoms with Crippen LogP contribution in [0.4, 0.5) is 0 Å². The van der Waals surface area contributed by atoms with Crippen molar-refractivity contribution < 1.29 is 9.84 Å². The van der Waals surface area contributed by atoms with Crippen LogP contribution in [0.5, 0.6) is 11.5 Å². The molecule has 4 heteroatoms. The summed E-state index contributed by atoms with van der Waals surface area (Å²) in [4.78, 5) is 0. The molecule has 1 rings (SSSR count). The zero-order chi connectivity index (χ0) is 10.0. The molecule has 3 N–H and O–H groups in total. The SMILES string of the molecule is COc1cc(O)c(C(C)N)cc1Cl. The third kappa shape index (κ3) is 2.05. The van der Waals surface area contributed by atoms with E-state index in [1.807, 2.05) is 0 Å². The van der Waals surface area contributed by atoms with E-state index in [0.29, 0.717) is 16.3 Å². The number of halogens is 1. The average molecular weight is 202 g/mol. The highest BCUT2D eigenvalue weighted by molar-refractivity contribution is 6.32. The summed E-state index contributed by atoms with van der Waals surface area (Å²) in [6.45, 7) is 1.78. The maximum Gasteiger partial charge on any atom is 0.141 e. The molecule has 1 aromatic rings. The Labute approximate surface area is 82.1 Å². The summed E-state index contributed by atoms with van der Waals surface area (Å²) in [6.07, 6.45) is 0. The van der Waals surface area contributed by atoms with Crippen molar-refractivity contribution >= 4 is 11.6 Å². The molecule has 1 atom stereocenters. The second kappa shape index (κ2) is 3.85. The van der Waals surface area contributed by atoms with Gasteiger partial charge in [0.25, 0.3) is 0 Å². The van der Waals surface area contributed by atoms with Crippen molar-refractivity contribution in [3.8, 4) is 11.5 Å². The largest absolute Gasteiger partial charge is 0.507 e. The van der Waals surface area contributed by atoms with Gasteiger partial charge in [0, 0.05) is 17.7 Å². The molecule has 1 aromatic carbocycles. The van der Waals surface area contributed by atoms with Crippen molar-refractivity contribution in [2.45, 2.75) is 13.0 Å². The lowest BCUT2D eigenvalue weighted by molar-refractivity contribution is 0.406. The molecule has 0 radical (unpaired) electrons. The Morgan fingerprint density at radius 1 is 1.54 bits per heavy atom. The van der Waals surface area contributed by atoms with Crippen LogP contribution in [0.3, 0.4) is 0 Å². The number of methoxy groups -OCH3 is 1. The zero-order valence-corrected chi connectivity index (χ0v) is 8.30. The van der Waals surface area contributed by atoms with E-state index in [4.69, 9.17) is 22.1 Å². The summed E-state index contributed by atoms with van der Waals surface area (Å²) in [7, 11) is 1.49. The maximum atomic E-state index is 9.50. The minimum atomic E-state index is -0.247. The molecule has 3 nitrogen and oxygen atoms in total. The minimum absolute atomic E-state index is 0.108. The fourth-order valence-corrected chi connectivity index (χ4v) is 1.33. The van der Waals surface area contributed by atoms with Gasteiger partial charge in [-0.25, -0.2) is 0 Å². The van der Waals surface area contributed by atoms with Gasteiger partial charge in [0.05, 0.1) is 12.1 Å². The van der Waals surface area contributed by atoms with Gasteiger partial charge >= 0.3 is 0 Å². The normalized spacial score (nSPS) is 12.6. The molecule has 0 aliphatic heterocycles. The molecule has 1 unspecified atom stereocenters. The molecule has 13 heavy (non-hydrogen) atoms. The highest BCUT2D eigenvalue weighted by Gasteiger charge is 2.10. The van der Waals surface area contributed by atoms with E-state index >= 15 is 0 Å². The smallest absolute Gasteiger partial charge is 0.141 e. The molecule has 0 saturated carbocycles. The van der Waals surface area contributed by atoms with Gasteiger partial charge in [-0.1, -0.05) is 11.6 Å². The lowest BCUT2D eigenvalue weighted by Gasteiger charge is -2.11. The van der Waals surface area contributed by atoms with E-state index in [1.165, 1.54) is 13.2 Å². The topological polar surface area (TPSA) is 55.5 Å². The fourth-order valence-electron chi connectivity index (χ4n) is 1.08. The van der Waals surface area contributed by atoms with Crippen LogP contribution in [0, 0.1) is 0 Å². The average Bonchev–Trinajstić information content (AvgIpc) is 2.07. The highest BCUT2D eigenvalue weighted by atomic mass is 35.5. The van der Waals surface area contributed by atoms with Gasteiger partial charge < -0.3 is 15.6 Å². The second-order valence-electron chi connectivity index (χ2n) is 2.83. The molecule has 72 valence electrons. The van der Waals surface area contributed by atoms with Crippen LogP contribution in [0.15, 0.2) is 12.1 Å². The Kier molecular flexibility index (Phi) is 3.01. The first-order chi connectivity index (χ1) is 6.06. The Morgan fingerprint density at radius 3 is 2.62 bits per heavy atom. The van der Waals surface area contributed by atoms with Crippen molar-refractivity contribution in [2.75, 3.05) is 7.11 Å². The number of phenols is 1. The summed E-state index contributed by atoms with van der Waals surface area (Å²) >= 11 is 5.85. The predicted molar refractivity (Wildman–Crippen MR) is 52.3 cm³/mol. The molecule has 0 aliphatic carbocycles. The lowest BCUT2D eigenvalue weighted by atomic mass is 10.1. The summed E-state index contributed by atoms with van der Waals surface area (Å²) in [5.41, 5.74) is 6.23. The predicted octanol–water partition coefficient (Wildman–Crippen LogP) is 2.07. The van der Waals surface area contributed by atoms with Crippen LogP contribution < -0.4 is 10.5 Å². The van der Waals surface area contributed by atoms with Crippen molar-refractivity contribution in [2.24, 2.45) is 5.73 Å². The molecule has 0 fully saturated rings. The van der Waals surface area contributed by atoms with Crippen LogP contribution >= 0.6 is 11.6 Å². The molecule has 0 spiro atoms. The van der Waals surface area contributed by atoms with E-state index in [0.717, 1.165) is 0 Å². The van der Waals surface area contributed by atoms with Gasteiger partial charge in [0.15, 0.2) is 0 Å². The van der Waals surface area contributed by atoms with Crippen molar-refractivity contribution in [1.82, 2.24) is 0 Å². The van der Waals surface area contributed by atoms with Gasteiger partial charge in [-0.15, -0.1) is 0 Å². The first-order valence-corrected chi connectivity index (χ1v) is 4.26. The number of aromatic hydroxyl groups is 1. The van der Waals surface area contributed by atoms with Crippen molar-refractivity contribution in [3.05, 3.63) is 22.7 Å². The second-order valence-corrected chi connectivity index (χ2v) is 3.24. The summed E-state index contributed by atoms with van der Waals surface area (Å²) in [5, 5.41) is 9.95. The number of phenolic OH excluding ortho intramolecular Hbond substituents is 1. The number of nitrogens with two attached hydrogens (primary N) is 1. The summed E-state index contributed by atoms with van der Waals surface area (Å²) in [6, 6.07) is 2.82. The van der Waals surface area contributed by atoms with Crippen LogP contribution in [-0.2, 0) is 0 Å². The highest BCUT2D eigenvalue weighted by Crippen LogP contribution is 2.33. The summed E-state index contributed by atoms with van der Waals surface area (Å²) in [5.74, 6) is 0.555. The number of hydrogen-bond acceptors (Lipinski definition) is 3. The zero-order valence-electron chi connectivity index (χ0n) is 7.54. The van der Waals surface area contributed by atoms with Crippen molar-refractivity contribution in [1.29, 1.82) is 0 Å². The molecule has 0 saturated heterocycles. The summed E-state index contributed by atoms with van der Waals surface area (Å²) < 4.78 is 4.93. The minimum Gasteiger partial charge on any atom is -0.507 e. The quantitative estimate of drug-likeness (QED) is 0.770. The molecule has 0 heterocycles. The van der Waals surface area contributed by atoms with E-state index in [-0.39, 0.29) is 11.8 Å². The van der Waals surface area contributed by atoms with Gasteiger partial charge in [0.1, 0.15) is 11.5 Å². The molecular weight excluding hydrogens is 190 g/mol. The van der Waals surface area contributed by atoms with Crippen LogP contribution in [0.2, 0.25) is 5.02 Å². The van der Waals surface area contributed by atoms with E-state index in [9.17, 15) is 5.11 Å². The Bertz CT molecular complexity index is 313. The number of benzene rings is 1. The van der Waals surface area contributed by atoms with Gasteiger partial charge in [-0.05, 0) is 13.0 Å². The number of hydrogen-bond donors (Lipinski definition) is 2. The molecule has 0 bridgehead atoms. The van der Waals surface area contributed by atoms with Gasteiger partial charge in [-0.3, -0.25) is 0 Å². The third-order valence-electron chi connectivity index (χ3n) is 1.79. The fraction of sp³-hybridized carbons (Fsp3) is 0.333. The molecular formula is C9H12ClNO2. The first kappa shape index (κ1) is 10.2.